The molecule has 1 fully saturated rings. The van der Waals surface area contributed by atoms with Crippen molar-refractivity contribution in [3.8, 4) is 0 Å². The van der Waals surface area contributed by atoms with Crippen LogP contribution in [0.3, 0.4) is 0 Å². The SMILES string of the molecule is Cc1ccc(CC(=O)NCc2ccc3c(c2)CN(C2CCC(=O)NC2=O)C3=O)cc1. The molecule has 0 radical (unpaired) electrons. The highest BCUT2D eigenvalue weighted by atomic mass is 16.2. The van der Waals surface area contributed by atoms with Crippen LogP contribution in [0.1, 0.15) is 45.5 Å². The van der Waals surface area contributed by atoms with Crippen molar-refractivity contribution in [3.63, 3.8) is 0 Å². The van der Waals surface area contributed by atoms with Crippen molar-refractivity contribution in [2.24, 2.45) is 0 Å². The first-order valence-corrected chi connectivity index (χ1v) is 9.99. The fourth-order valence-corrected chi connectivity index (χ4v) is 3.89. The fourth-order valence-electron chi connectivity index (χ4n) is 3.89. The van der Waals surface area contributed by atoms with Gasteiger partial charge in [0.1, 0.15) is 6.04 Å². The van der Waals surface area contributed by atoms with E-state index in [1.54, 1.807) is 6.07 Å². The van der Waals surface area contributed by atoms with E-state index >= 15 is 0 Å². The molecule has 0 aromatic heterocycles. The van der Waals surface area contributed by atoms with Crippen molar-refractivity contribution in [1.29, 1.82) is 0 Å². The number of piperidine rings is 1. The molecule has 0 bridgehead atoms. The minimum Gasteiger partial charge on any atom is -0.352 e. The van der Waals surface area contributed by atoms with E-state index < -0.39 is 11.9 Å². The average molecular weight is 405 g/mol. The van der Waals surface area contributed by atoms with Crippen LogP contribution < -0.4 is 10.6 Å². The van der Waals surface area contributed by atoms with E-state index in [1.165, 1.54) is 4.90 Å². The molecular formula is C23H23N3O4. The lowest BCUT2D eigenvalue weighted by molar-refractivity contribution is -0.137. The zero-order valence-electron chi connectivity index (χ0n) is 16.7. The van der Waals surface area contributed by atoms with Gasteiger partial charge < -0.3 is 10.2 Å². The molecule has 1 atom stereocenters. The summed E-state index contributed by atoms with van der Waals surface area (Å²) in [4.78, 5) is 50.0. The van der Waals surface area contributed by atoms with Crippen molar-refractivity contribution in [2.75, 3.05) is 0 Å². The van der Waals surface area contributed by atoms with Crippen molar-refractivity contribution in [2.45, 2.75) is 45.3 Å². The maximum absolute atomic E-state index is 12.7. The second-order valence-corrected chi connectivity index (χ2v) is 7.83. The van der Waals surface area contributed by atoms with Crippen LogP contribution in [-0.4, -0.2) is 34.6 Å². The molecular weight excluding hydrogens is 382 g/mol. The van der Waals surface area contributed by atoms with E-state index in [2.05, 4.69) is 10.6 Å². The summed E-state index contributed by atoms with van der Waals surface area (Å²) < 4.78 is 0. The Morgan fingerprint density at radius 2 is 1.83 bits per heavy atom. The van der Waals surface area contributed by atoms with Gasteiger partial charge in [0.15, 0.2) is 0 Å². The smallest absolute Gasteiger partial charge is 0.255 e. The van der Waals surface area contributed by atoms with Gasteiger partial charge in [-0.05, 0) is 36.1 Å². The van der Waals surface area contributed by atoms with Gasteiger partial charge >= 0.3 is 0 Å². The Labute approximate surface area is 174 Å². The zero-order chi connectivity index (χ0) is 21.3. The molecule has 1 saturated heterocycles. The Morgan fingerprint density at radius 1 is 1.10 bits per heavy atom. The van der Waals surface area contributed by atoms with Crippen LogP contribution in [0.5, 0.6) is 0 Å². The number of amides is 4. The van der Waals surface area contributed by atoms with Gasteiger partial charge in [-0.2, -0.15) is 0 Å². The summed E-state index contributed by atoms with van der Waals surface area (Å²) in [5, 5.41) is 5.21. The summed E-state index contributed by atoms with van der Waals surface area (Å²) in [6.07, 6.45) is 0.883. The summed E-state index contributed by atoms with van der Waals surface area (Å²) in [5.74, 6) is -0.991. The highest BCUT2D eigenvalue weighted by Crippen LogP contribution is 2.28. The molecule has 4 rings (SSSR count). The summed E-state index contributed by atoms with van der Waals surface area (Å²) in [6.45, 7) is 2.69. The second-order valence-electron chi connectivity index (χ2n) is 7.83. The zero-order valence-corrected chi connectivity index (χ0v) is 16.7. The Kier molecular flexibility index (Phi) is 5.35. The molecule has 2 aromatic carbocycles. The molecule has 4 amide bonds. The van der Waals surface area contributed by atoms with Crippen LogP contribution in [0, 0.1) is 6.92 Å². The third-order valence-electron chi connectivity index (χ3n) is 5.56. The number of carbonyl (C=O) groups excluding carboxylic acids is 4. The fraction of sp³-hybridized carbons (Fsp3) is 0.304. The van der Waals surface area contributed by atoms with E-state index in [1.807, 2.05) is 43.3 Å². The maximum Gasteiger partial charge on any atom is 0.255 e. The molecule has 2 N–H and O–H groups in total. The summed E-state index contributed by atoms with van der Waals surface area (Å²) >= 11 is 0. The van der Waals surface area contributed by atoms with Crippen molar-refractivity contribution < 1.29 is 19.2 Å². The van der Waals surface area contributed by atoms with Gasteiger partial charge in [0.2, 0.25) is 17.7 Å². The van der Waals surface area contributed by atoms with E-state index in [-0.39, 0.29) is 24.1 Å². The van der Waals surface area contributed by atoms with Gasteiger partial charge in [-0.3, -0.25) is 24.5 Å². The van der Waals surface area contributed by atoms with E-state index in [0.29, 0.717) is 31.5 Å². The van der Waals surface area contributed by atoms with Crippen LogP contribution >= 0.6 is 0 Å². The first-order valence-electron chi connectivity index (χ1n) is 9.99. The summed E-state index contributed by atoms with van der Waals surface area (Å²) in [7, 11) is 0. The third-order valence-corrected chi connectivity index (χ3v) is 5.56. The molecule has 7 nitrogen and oxygen atoms in total. The largest absolute Gasteiger partial charge is 0.352 e. The molecule has 0 saturated carbocycles. The standard InChI is InChI=1S/C23H23N3O4/c1-14-2-4-15(5-3-14)11-21(28)24-12-16-6-7-18-17(10-16)13-26(23(18)30)19-8-9-20(27)25-22(19)29/h2-7,10,19H,8-9,11-13H2,1H3,(H,24,28)(H,25,27,29). The summed E-state index contributed by atoms with van der Waals surface area (Å²) in [6, 6.07) is 12.7. The van der Waals surface area contributed by atoms with Crippen molar-refractivity contribution in [3.05, 3.63) is 70.3 Å². The van der Waals surface area contributed by atoms with Crippen LogP contribution in [0.15, 0.2) is 42.5 Å². The third kappa shape index (κ3) is 4.10. The average Bonchev–Trinajstić information content (AvgIpc) is 3.04. The Morgan fingerprint density at radius 3 is 2.57 bits per heavy atom. The maximum atomic E-state index is 12.7. The van der Waals surface area contributed by atoms with Crippen LogP contribution in [0.4, 0.5) is 0 Å². The number of rotatable bonds is 5. The van der Waals surface area contributed by atoms with Crippen molar-refractivity contribution in [1.82, 2.24) is 15.5 Å². The molecule has 2 aromatic rings. The number of imide groups is 1. The van der Waals surface area contributed by atoms with Gasteiger partial charge in [-0.1, -0.05) is 42.0 Å². The predicted molar refractivity (Wildman–Crippen MR) is 109 cm³/mol. The number of nitrogens with one attached hydrogen (secondary N) is 2. The lowest BCUT2D eigenvalue weighted by Gasteiger charge is -2.29. The van der Waals surface area contributed by atoms with E-state index in [9.17, 15) is 19.2 Å². The monoisotopic (exact) mass is 405 g/mol. The van der Waals surface area contributed by atoms with Gasteiger partial charge in [-0.25, -0.2) is 0 Å². The topological polar surface area (TPSA) is 95.6 Å². The summed E-state index contributed by atoms with van der Waals surface area (Å²) in [5.41, 5.74) is 4.39. The van der Waals surface area contributed by atoms with Gasteiger partial charge in [-0.15, -0.1) is 0 Å². The highest BCUT2D eigenvalue weighted by Gasteiger charge is 2.39. The van der Waals surface area contributed by atoms with Gasteiger partial charge in [0, 0.05) is 25.1 Å². The number of hydrogen-bond donors (Lipinski definition) is 2. The first-order chi connectivity index (χ1) is 14.4. The Balaban J connectivity index is 1.38. The number of nitrogens with zero attached hydrogens (tertiary/aromatic N) is 1. The van der Waals surface area contributed by atoms with Crippen molar-refractivity contribution >= 4 is 23.6 Å². The molecule has 2 heterocycles. The van der Waals surface area contributed by atoms with Crippen LogP contribution in [0.2, 0.25) is 0 Å². The highest BCUT2D eigenvalue weighted by molar-refractivity contribution is 6.05. The molecule has 2 aliphatic rings. The number of fused-ring (bicyclic) bond motifs is 1. The molecule has 0 aliphatic carbocycles. The van der Waals surface area contributed by atoms with E-state index in [4.69, 9.17) is 0 Å². The molecule has 154 valence electrons. The normalized spacial score (nSPS) is 18.2. The number of carbonyl (C=O) groups is 4. The Bertz CT molecular complexity index is 1030. The predicted octanol–water partition coefficient (Wildman–Crippen LogP) is 1.61. The molecule has 0 spiro atoms. The Hall–Kier alpha value is -3.48. The van der Waals surface area contributed by atoms with Gasteiger partial charge in [0.25, 0.3) is 5.91 Å². The molecule has 7 heteroatoms. The lowest BCUT2D eigenvalue weighted by Crippen LogP contribution is -2.52. The molecule has 1 unspecified atom stereocenters. The lowest BCUT2D eigenvalue weighted by atomic mass is 10.0. The number of hydrogen-bond acceptors (Lipinski definition) is 4. The van der Waals surface area contributed by atoms with E-state index in [0.717, 1.165) is 22.3 Å². The number of benzene rings is 2. The molecule has 30 heavy (non-hydrogen) atoms. The molecule has 2 aliphatic heterocycles. The van der Waals surface area contributed by atoms with Gasteiger partial charge in [0.05, 0.1) is 6.42 Å². The quantitative estimate of drug-likeness (QED) is 0.739. The number of aryl methyl sites for hydroxylation is 1. The first kappa shape index (κ1) is 19.8. The minimum absolute atomic E-state index is 0.0689. The van der Waals surface area contributed by atoms with Crippen LogP contribution in [-0.2, 0) is 33.9 Å². The minimum atomic E-state index is -0.625. The second kappa shape index (κ2) is 8.10. The van der Waals surface area contributed by atoms with Crippen LogP contribution in [0.25, 0.3) is 0 Å².